The summed E-state index contributed by atoms with van der Waals surface area (Å²) in [6, 6.07) is 0. The van der Waals surface area contributed by atoms with Crippen LogP contribution in [0.4, 0.5) is 14.5 Å². The average Bonchev–Trinajstić information content (AvgIpc) is 2.72. The monoisotopic (exact) mass is 229 g/mol. The molecule has 1 aliphatic rings. The van der Waals surface area contributed by atoms with Gasteiger partial charge in [0, 0.05) is 32.0 Å². The Morgan fingerprint density at radius 2 is 2.44 bits per heavy atom. The maximum Gasteiger partial charge on any atom is 0.248 e. The van der Waals surface area contributed by atoms with Crippen LogP contribution in [0.3, 0.4) is 0 Å². The molecule has 16 heavy (non-hydrogen) atoms. The summed E-state index contributed by atoms with van der Waals surface area (Å²) in [5, 5.41) is 6.47. The van der Waals surface area contributed by atoms with Crippen LogP contribution < -0.4 is 5.32 Å². The van der Waals surface area contributed by atoms with E-state index < -0.39 is 11.8 Å². The number of hydrogen-bond donors (Lipinski definition) is 1. The van der Waals surface area contributed by atoms with E-state index in [1.54, 1.807) is 17.9 Å². The molecule has 1 N–H and O–H groups in total. The number of nitrogens with zero attached hydrogens (tertiary/aromatic N) is 2. The van der Waals surface area contributed by atoms with Crippen LogP contribution in [0.2, 0.25) is 0 Å². The molecule has 88 valence electrons. The van der Waals surface area contributed by atoms with Crippen molar-refractivity contribution in [2.24, 2.45) is 13.0 Å². The summed E-state index contributed by atoms with van der Waals surface area (Å²) >= 11 is 0. The number of nitrogens with one attached hydrogen (secondary N) is 1. The van der Waals surface area contributed by atoms with Gasteiger partial charge in [0.2, 0.25) is 11.8 Å². The van der Waals surface area contributed by atoms with E-state index in [9.17, 15) is 13.6 Å². The molecule has 1 saturated carbocycles. The van der Waals surface area contributed by atoms with Crippen LogP contribution >= 0.6 is 0 Å². The van der Waals surface area contributed by atoms with Crippen LogP contribution in [0.25, 0.3) is 0 Å². The molecule has 1 amide bonds. The van der Waals surface area contributed by atoms with Gasteiger partial charge in [-0.25, -0.2) is 8.78 Å². The van der Waals surface area contributed by atoms with E-state index in [0.29, 0.717) is 5.69 Å². The van der Waals surface area contributed by atoms with Crippen molar-refractivity contribution in [3.05, 3.63) is 12.4 Å². The average molecular weight is 229 g/mol. The number of hydrogen-bond acceptors (Lipinski definition) is 2. The summed E-state index contributed by atoms with van der Waals surface area (Å²) < 4.78 is 27.3. The first-order valence-corrected chi connectivity index (χ1v) is 5.14. The molecule has 6 heteroatoms. The van der Waals surface area contributed by atoms with Gasteiger partial charge in [-0.1, -0.05) is 0 Å². The van der Waals surface area contributed by atoms with Gasteiger partial charge in [-0.15, -0.1) is 0 Å². The molecule has 0 bridgehead atoms. The highest BCUT2D eigenvalue weighted by molar-refractivity contribution is 5.92. The Morgan fingerprint density at radius 3 is 2.94 bits per heavy atom. The Balaban J connectivity index is 1.94. The topological polar surface area (TPSA) is 46.9 Å². The molecule has 1 atom stereocenters. The molecule has 1 aliphatic carbocycles. The Labute approximate surface area is 91.6 Å². The minimum atomic E-state index is -2.68. The second-order valence-corrected chi connectivity index (χ2v) is 4.19. The third-order valence-corrected chi connectivity index (χ3v) is 2.75. The van der Waals surface area contributed by atoms with Gasteiger partial charge >= 0.3 is 0 Å². The standard InChI is InChI=1S/C10H13F2N3O/c1-15-6-8(5-13-15)14-9(16)7-2-3-10(11,12)4-7/h5-7H,2-4H2,1H3,(H,14,16)/t7-/m0/s1. The molecule has 0 spiro atoms. The van der Waals surface area contributed by atoms with Crippen molar-refractivity contribution >= 4 is 11.6 Å². The zero-order chi connectivity index (χ0) is 11.8. The van der Waals surface area contributed by atoms with E-state index >= 15 is 0 Å². The van der Waals surface area contributed by atoms with Crippen LogP contribution in [0.15, 0.2) is 12.4 Å². The summed E-state index contributed by atoms with van der Waals surface area (Å²) in [6.07, 6.45) is 2.83. The van der Waals surface area contributed by atoms with Crippen molar-refractivity contribution < 1.29 is 13.6 Å². The molecular weight excluding hydrogens is 216 g/mol. The van der Waals surface area contributed by atoms with Crippen molar-refractivity contribution in [2.45, 2.75) is 25.2 Å². The van der Waals surface area contributed by atoms with Gasteiger partial charge in [0.05, 0.1) is 11.9 Å². The van der Waals surface area contributed by atoms with Crippen LogP contribution in [0.5, 0.6) is 0 Å². The van der Waals surface area contributed by atoms with Crippen molar-refractivity contribution in [3.8, 4) is 0 Å². The van der Waals surface area contributed by atoms with Gasteiger partial charge < -0.3 is 5.32 Å². The molecule has 2 rings (SSSR count). The number of carbonyl (C=O) groups excluding carboxylic acids is 1. The number of alkyl halides is 2. The second kappa shape index (κ2) is 3.84. The molecule has 0 aliphatic heterocycles. The maximum absolute atomic E-state index is 12.9. The van der Waals surface area contributed by atoms with Gasteiger partial charge in [-0.05, 0) is 6.42 Å². The highest BCUT2D eigenvalue weighted by Gasteiger charge is 2.42. The van der Waals surface area contributed by atoms with Gasteiger partial charge in [-0.3, -0.25) is 9.48 Å². The Bertz CT molecular complexity index is 403. The highest BCUT2D eigenvalue weighted by Crippen LogP contribution is 2.39. The molecule has 1 aromatic heterocycles. The molecule has 0 radical (unpaired) electrons. The van der Waals surface area contributed by atoms with Crippen molar-refractivity contribution in [1.82, 2.24) is 9.78 Å². The fourth-order valence-corrected chi connectivity index (χ4v) is 1.90. The second-order valence-electron chi connectivity index (χ2n) is 4.19. The first-order valence-electron chi connectivity index (χ1n) is 5.14. The molecule has 0 aromatic carbocycles. The number of carbonyl (C=O) groups is 1. The lowest BCUT2D eigenvalue weighted by Crippen LogP contribution is -2.22. The lowest BCUT2D eigenvalue weighted by atomic mass is 10.1. The number of aryl methyl sites for hydroxylation is 1. The summed E-state index contributed by atoms with van der Waals surface area (Å²) in [7, 11) is 1.72. The van der Waals surface area contributed by atoms with E-state index in [-0.39, 0.29) is 25.2 Å². The normalized spacial score (nSPS) is 23.3. The van der Waals surface area contributed by atoms with Crippen molar-refractivity contribution in [2.75, 3.05) is 5.32 Å². The number of amides is 1. The molecule has 1 aromatic rings. The van der Waals surface area contributed by atoms with Gasteiger partial charge in [0.25, 0.3) is 0 Å². The third kappa shape index (κ3) is 2.37. The van der Waals surface area contributed by atoms with E-state index in [4.69, 9.17) is 0 Å². The van der Waals surface area contributed by atoms with Gasteiger partial charge in [0.15, 0.2) is 0 Å². The maximum atomic E-state index is 12.9. The molecule has 0 unspecified atom stereocenters. The Kier molecular flexibility index (Phi) is 2.65. The lowest BCUT2D eigenvalue weighted by Gasteiger charge is -2.09. The quantitative estimate of drug-likeness (QED) is 0.840. The number of anilines is 1. The first-order chi connectivity index (χ1) is 7.46. The smallest absolute Gasteiger partial charge is 0.248 e. The summed E-state index contributed by atoms with van der Waals surface area (Å²) in [4.78, 5) is 11.6. The number of rotatable bonds is 2. The van der Waals surface area contributed by atoms with Gasteiger partial charge in [-0.2, -0.15) is 5.10 Å². The molecule has 1 heterocycles. The van der Waals surface area contributed by atoms with Crippen LogP contribution in [-0.4, -0.2) is 21.6 Å². The van der Waals surface area contributed by atoms with Crippen LogP contribution in [0, 0.1) is 5.92 Å². The van der Waals surface area contributed by atoms with Crippen molar-refractivity contribution in [3.63, 3.8) is 0 Å². The summed E-state index contributed by atoms with van der Waals surface area (Å²) in [6.45, 7) is 0. The van der Waals surface area contributed by atoms with E-state index in [1.165, 1.54) is 6.20 Å². The van der Waals surface area contributed by atoms with Crippen molar-refractivity contribution in [1.29, 1.82) is 0 Å². The molecule has 4 nitrogen and oxygen atoms in total. The van der Waals surface area contributed by atoms with E-state index in [1.807, 2.05) is 0 Å². The zero-order valence-electron chi connectivity index (χ0n) is 8.91. The third-order valence-electron chi connectivity index (χ3n) is 2.75. The van der Waals surface area contributed by atoms with E-state index in [0.717, 1.165) is 0 Å². The van der Waals surface area contributed by atoms with Crippen LogP contribution in [-0.2, 0) is 11.8 Å². The predicted octanol–water partition coefficient (Wildman–Crippen LogP) is 1.79. The van der Waals surface area contributed by atoms with Crippen LogP contribution in [0.1, 0.15) is 19.3 Å². The first kappa shape index (κ1) is 11.0. The highest BCUT2D eigenvalue weighted by atomic mass is 19.3. The minimum Gasteiger partial charge on any atom is -0.323 e. The van der Waals surface area contributed by atoms with Gasteiger partial charge in [0.1, 0.15) is 0 Å². The minimum absolute atomic E-state index is 0.196. The SMILES string of the molecule is Cn1cc(NC(=O)[C@H]2CCC(F)(F)C2)cn1. The number of halogens is 2. The zero-order valence-corrected chi connectivity index (χ0v) is 8.91. The molecule has 1 fully saturated rings. The summed E-state index contributed by atoms with van der Waals surface area (Å²) in [5.41, 5.74) is 0.544. The summed E-state index contributed by atoms with van der Waals surface area (Å²) in [5.74, 6) is -3.61. The Morgan fingerprint density at radius 1 is 1.69 bits per heavy atom. The van der Waals surface area contributed by atoms with E-state index in [2.05, 4.69) is 10.4 Å². The largest absolute Gasteiger partial charge is 0.323 e. The fourth-order valence-electron chi connectivity index (χ4n) is 1.90. The fraction of sp³-hybridized carbons (Fsp3) is 0.600. The number of aromatic nitrogens is 2. The molecule has 0 saturated heterocycles. The molecular formula is C10H13F2N3O. The predicted molar refractivity (Wildman–Crippen MR) is 54.1 cm³/mol. The lowest BCUT2D eigenvalue weighted by molar-refractivity contribution is -0.120. The Hall–Kier alpha value is -1.46.